The molecule has 3 atom stereocenters. The van der Waals surface area contributed by atoms with E-state index in [1.165, 1.54) is 40.1 Å². The molecule has 0 spiro atoms. The summed E-state index contributed by atoms with van der Waals surface area (Å²) in [5.41, 5.74) is 4.67. The highest BCUT2D eigenvalue weighted by molar-refractivity contribution is 6.07. The molecule has 3 aliphatic rings. The smallest absolute Gasteiger partial charge is 0.369 e. The van der Waals surface area contributed by atoms with Crippen LogP contribution in [-0.4, -0.2) is 61.8 Å². The van der Waals surface area contributed by atoms with Gasteiger partial charge >= 0.3 is 6.18 Å². The largest absolute Gasteiger partial charge is 0.417 e. The molecule has 0 aliphatic carbocycles. The van der Waals surface area contributed by atoms with Gasteiger partial charge in [0.15, 0.2) is 11.5 Å². The minimum atomic E-state index is -4.80. The number of alkyl halides is 3. The first kappa shape index (κ1) is 29.7. The van der Waals surface area contributed by atoms with Crippen molar-refractivity contribution in [3.63, 3.8) is 0 Å². The van der Waals surface area contributed by atoms with Crippen LogP contribution in [0.4, 0.5) is 17.6 Å². The van der Waals surface area contributed by atoms with Gasteiger partial charge in [-0.25, -0.2) is 14.1 Å². The number of aromatic nitrogens is 3. The SMILES string of the molecule is CC(C)CCC1(c2ccc(F)cc2)N=C(N)N(Cc2ccc(C(F)(F)F)c(C(=O)N3C[C@H]4OCc5cnnn5[C@H]4C3)c2)C1=O. The van der Waals surface area contributed by atoms with Crippen molar-refractivity contribution in [3.8, 4) is 0 Å². The van der Waals surface area contributed by atoms with Gasteiger partial charge in [0.2, 0.25) is 0 Å². The summed E-state index contributed by atoms with van der Waals surface area (Å²) in [4.78, 5) is 34.7. The van der Waals surface area contributed by atoms with Gasteiger partial charge in [0.1, 0.15) is 5.82 Å². The number of carbonyl (C=O) groups is 2. The topological polar surface area (TPSA) is 119 Å². The highest BCUT2D eigenvalue weighted by atomic mass is 19.4. The van der Waals surface area contributed by atoms with Crippen LogP contribution in [0.3, 0.4) is 0 Å². The summed E-state index contributed by atoms with van der Waals surface area (Å²) in [6, 6.07) is 8.31. The van der Waals surface area contributed by atoms with Gasteiger partial charge in [-0.05, 0) is 54.2 Å². The summed E-state index contributed by atoms with van der Waals surface area (Å²) in [5, 5.41) is 7.94. The van der Waals surface area contributed by atoms with Crippen LogP contribution in [0.2, 0.25) is 0 Å². The maximum atomic E-state index is 14.1. The minimum absolute atomic E-state index is 0.0879. The number of aliphatic imine (C=N–C) groups is 1. The summed E-state index contributed by atoms with van der Waals surface area (Å²) >= 11 is 0. The molecule has 232 valence electrons. The van der Waals surface area contributed by atoms with E-state index in [1.807, 2.05) is 13.8 Å². The molecule has 10 nitrogen and oxygen atoms in total. The molecule has 2 aromatic carbocycles. The zero-order valence-corrected chi connectivity index (χ0v) is 24.1. The van der Waals surface area contributed by atoms with Gasteiger partial charge in [-0.3, -0.25) is 14.5 Å². The Labute approximate surface area is 250 Å². The fourth-order valence-electron chi connectivity index (χ4n) is 6.13. The molecule has 0 saturated carbocycles. The zero-order chi connectivity index (χ0) is 31.4. The number of carbonyl (C=O) groups excluding carboxylic acids is 2. The van der Waals surface area contributed by atoms with E-state index < -0.39 is 46.6 Å². The molecule has 4 heterocycles. The monoisotopic (exact) mass is 613 g/mol. The molecule has 6 rings (SSSR count). The lowest BCUT2D eigenvalue weighted by molar-refractivity contribution is -0.138. The summed E-state index contributed by atoms with van der Waals surface area (Å²) in [5.74, 6) is -1.64. The number of amides is 2. The van der Waals surface area contributed by atoms with Crippen molar-refractivity contribution in [2.75, 3.05) is 13.1 Å². The maximum absolute atomic E-state index is 14.1. The van der Waals surface area contributed by atoms with E-state index in [1.54, 1.807) is 10.9 Å². The van der Waals surface area contributed by atoms with Crippen molar-refractivity contribution < 1.29 is 31.9 Å². The molecule has 1 unspecified atom stereocenters. The molecule has 14 heteroatoms. The van der Waals surface area contributed by atoms with Crippen LogP contribution in [0, 0.1) is 11.7 Å². The van der Waals surface area contributed by atoms with Crippen LogP contribution in [0.5, 0.6) is 0 Å². The molecule has 44 heavy (non-hydrogen) atoms. The number of benzene rings is 2. The second-order valence-corrected chi connectivity index (χ2v) is 11.8. The highest BCUT2D eigenvalue weighted by Gasteiger charge is 2.49. The van der Waals surface area contributed by atoms with Gasteiger partial charge in [-0.2, -0.15) is 13.2 Å². The Morgan fingerprint density at radius 1 is 1.16 bits per heavy atom. The number of rotatable bonds is 7. The van der Waals surface area contributed by atoms with E-state index >= 15 is 0 Å². The van der Waals surface area contributed by atoms with Crippen LogP contribution < -0.4 is 5.73 Å². The van der Waals surface area contributed by atoms with Gasteiger partial charge in [0.25, 0.3) is 11.8 Å². The number of ether oxygens (including phenoxy) is 1. The van der Waals surface area contributed by atoms with Crippen LogP contribution in [0.1, 0.15) is 65.5 Å². The molecular weight excluding hydrogens is 582 g/mol. The van der Waals surface area contributed by atoms with Crippen LogP contribution in [-0.2, 0) is 34.4 Å². The van der Waals surface area contributed by atoms with Crippen molar-refractivity contribution >= 4 is 17.8 Å². The third-order valence-electron chi connectivity index (χ3n) is 8.48. The van der Waals surface area contributed by atoms with Crippen LogP contribution in [0.25, 0.3) is 0 Å². The highest BCUT2D eigenvalue weighted by Crippen LogP contribution is 2.40. The molecule has 3 aromatic rings. The number of likely N-dealkylation sites (tertiary alicyclic amines) is 1. The van der Waals surface area contributed by atoms with Gasteiger partial charge in [0.05, 0.1) is 48.3 Å². The molecule has 2 N–H and O–H groups in total. The number of nitrogens with two attached hydrogens (primary N) is 1. The Morgan fingerprint density at radius 3 is 2.61 bits per heavy atom. The number of hydrogen-bond acceptors (Lipinski definition) is 7. The fraction of sp³-hybridized carbons (Fsp3) is 0.433. The second-order valence-electron chi connectivity index (χ2n) is 11.8. The lowest BCUT2D eigenvalue weighted by Gasteiger charge is -2.27. The Balaban J connectivity index is 1.29. The summed E-state index contributed by atoms with van der Waals surface area (Å²) in [7, 11) is 0. The normalized spacial score (nSPS) is 23.2. The number of hydrogen-bond donors (Lipinski definition) is 1. The van der Waals surface area contributed by atoms with Crippen molar-refractivity contribution in [2.45, 2.75) is 63.7 Å². The molecular formula is C30H31F4N7O3. The predicted octanol–water partition coefficient (Wildman–Crippen LogP) is 4.02. The Bertz CT molecular complexity index is 1620. The average Bonchev–Trinajstić information content (AvgIpc) is 3.69. The standard InChI is InChI=1S/C30H31F4N7O3/c1-17(2)9-10-29(19-4-6-20(31)7-5-19)27(43)40(28(35)37-29)13-18-3-8-23(30(32,33)34)22(11-18)26(42)39-14-24-25(15-39)44-16-21-12-36-38-41(21)24/h3-8,11-12,17,24-25H,9-10,13-16H2,1-2H3,(H2,35,37)/t24-,25+,29?/m0/s1. The third kappa shape index (κ3) is 5.20. The third-order valence-corrected chi connectivity index (χ3v) is 8.48. The Morgan fingerprint density at radius 2 is 1.91 bits per heavy atom. The molecule has 2 amide bonds. The molecule has 1 saturated heterocycles. The van der Waals surface area contributed by atoms with Gasteiger partial charge in [0, 0.05) is 13.1 Å². The number of nitrogens with zero attached hydrogens (tertiary/aromatic N) is 6. The first-order valence-electron chi connectivity index (χ1n) is 14.3. The molecule has 1 aromatic heterocycles. The number of fused-ring (bicyclic) bond motifs is 3. The maximum Gasteiger partial charge on any atom is 0.417 e. The molecule has 0 bridgehead atoms. The van der Waals surface area contributed by atoms with Crippen molar-refractivity contribution in [2.24, 2.45) is 16.6 Å². The Hall–Kier alpha value is -4.33. The molecule has 3 aliphatic heterocycles. The van der Waals surface area contributed by atoms with E-state index in [9.17, 15) is 27.2 Å². The zero-order valence-electron chi connectivity index (χ0n) is 24.1. The number of guanidine groups is 1. The fourth-order valence-corrected chi connectivity index (χ4v) is 6.13. The van der Waals surface area contributed by atoms with Gasteiger partial charge in [-0.15, -0.1) is 5.10 Å². The first-order valence-corrected chi connectivity index (χ1v) is 14.3. The molecule has 1 fully saturated rings. The van der Waals surface area contributed by atoms with Gasteiger partial charge < -0.3 is 15.4 Å². The van der Waals surface area contributed by atoms with E-state index in [-0.39, 0.29) is 49.7 Å². The second kappa shape index (κ2) is 11.0. The van der Waals surface area contributed by atoms with Crippen molar-refractivity contribution in [1.82, 2.24) is 24.8 Å². The quantitative estimate of drug-likeness (QED) is 0.402. The predicted molar refractivity (Wildman–Crippen MR) is 149 cm³/mol. The van der Waals surface area contributed by atoms with E-state index in [0.717, 1.165) is 17.8 Å². The Kier molecular flexibility index (Phi) is 7.42. The van der Waals surface area contributed by atoms with Crippen molar-refractivity contribution in [1.29, 1.82) is 0 Å². The average molecular weight is 614 g/mol. The lowest BCUT2D eigenvalue weighted by Crippen LogP contribution is -2.42. The van der Waals surface area contributed by atoms with Crippen LogP contribution >= 0.6 is 0 Å². The summed E-state index contributed by atoms with van der Waals surface area (Å²) in [6.07, 6.45) is -2.77. The van der Waals surface area contributed by atoms with Crippen molar-refractivity contribution in [3.05, 3.63) is 82.4 Å². The molecule has 0 radical (unpaired) electrons. The number of halogens is 4. The first-order chi connectivity index (χ1) is 20.9. The summed E-state index contributed by atoms with van der Waals surface area (Å²) < 4.78 is 63.6. The van der Waals surface area contributed by atoms with E-state index in [2.05, 4.69) is 15.3 Å². The lowest BCUT2D eigenvalue weighted by atomic mass is 9.83. The van der Waals surface area contributed by atoms with Crippen LogP contribution in [0.15, 0.2) is 53.7 Å². The van der Waals surface area contributed by atoms with Gasteiger partial charge in [-0.1, -0.05) is 37.3 Å². The summed E-state index contributed by atoms with van der Waals surface area (Å²) in [6.45, 7) is 4.20. The van der Waals surface area contributed by atoms with E-state index in [4.69, 9.17) is 10.5 Å². The minimum Gasteiger partial charge on any atom is -0.369 e. The van der Waals surface area contributed by atoms with E-state index in [0.29, 0.717) is 18.4 Å².